The fraction of sp³-hybridized carbons (Fsp3) is 0.667. The van der Waals surface area contributed by atoms with E-state index in [1.807, 2.05) is 39.5 Å². The normalized spacial score (nSPS) is 24.7. The first kappa shape index (κ1) is 15.9. The van der Waals surface area contributed by atoms with Crippen LogP contribution in [0.3, 0.4) is 0 Å². The van der Waals surface area contributed by atoms with Crippen molar-refractivity contribution in [1.82, 2.24) is 15.2 Å². The van der Waals surface area contributed by atoms with Gasteiger partial charge in [-0.1, -0.05) is 6.92 Å². The van der Waals surface area contributed by atoms with Gasteiger partial charge in [0, 0.05) is 17.8 Å². The molecule has 1 saturated heterocycles. The summed E-state index contributed by atoms with van der Waals surface area (Å²) in [5.41, 5.74) is 0.162. The van der Waals surface area contributed by atoms with Gasteiger partial charge in [0.15, 0.2) is 0 Å². The van der Waals surface area contributed by atoms with E-state index < -0.39 is 5.54 Å². The van der Waals surface area contributed by atoms with Crippen molar-refractivity contribution in [3.05, 3.63) is 15.6 Å². The Bertz CT molecular complexity index is 569. The zero-order chi connectivity index (χ0) is 15.8. The number of hydrogen-bond acceptors (Lipinski definition) is 4. The van der Waals surface area contributed by atoms with Crippen molar-refractivity contribution in [2.24, 2.45) is 0 Å². The molecule has 1 fully saturated rings. The maximum Gasteiger partial charge on any atom is 0.248 e. The second-order valence-electron chi connectivity index (χ2n) is 5.84. The number of aryl methyl sites for hydroxylation is 2. The molecule has 116 valence electrons. The molecule has 0 saturated carbocycles. The van der Waals surface area contributed by atoms with Gasteiger partial charge in [0.05, 0.1) is 16.7 Å². The summed E-state index contributed by atoms with van der Waals surface area (Å²) >= 11 is 1.62. The van der Waals surface area contributed by atoms with Crippen LogP contribution in [0, 0.1) is 13.8 Å². The van der Waals surface area contributed by atoms with Crippen LogP contribution in [0.5, 0.6) is 0 Å². The second kappa shape index (κ2) is 5.75. The van der Waals surface area contributed by atoms with Gasteiger partial charge < -0.3 is 10.2 Å². The minimum Gasteiger partial charge on any atom is -0.342 e. The maximum atomic E-state index is 12.9. The number of amides is 2. The summed E-state index contributed by atoms with van der Waals surface area (Å²) in [6, 6.07) is -0.0534. The highest BCUT2D eigenvalue weighted by Crippen LogP contribution is 2.32. The van der Waals surface area contributed by atoms with E-state index in [1.165, 1.54) is 0 Å². The van der Waals surface area contributed by atoms with E-state index in [0.717, 1.165) is 15.6 Å². The van der Waals surface area contributed by atoms with Gasteiger partial charge in [-0.3, -0.25) is 9.59 Å². The molecule has 1 aromatic rings. The Hall–Kier alpha value is -1.43. The Balaban J connectivity index is 2.35. The number of carbonyl (C=O) groups excluding carboxylic acids is 2. The first-order valence-electron chi connectivity index (χ1n) is 7.34. The van der Waals surface area contributed by atoms with Gasteiger partial charge in [-0.25, -0.2) is 4.98 Å². The molecule has 5 nitrogen and oxygen atoms in total. The van der Waals surface area contributed by atoms with Crippen LogP contribution in [0.4, 0.5) is 0 Å². The number of rotatable bonds is 3. The molecule has 0 spiro atoms. The summed E-state index contributed by atoms with van der Waals surface area (Å²) in [7, 11) is 0. The monoisotopic (exact) mass is 309 g/mol. The molecular formula is C15H23N3O2S. The van der Waals surface area contributed by atoms with Gasteiger partial charge in [0.25, 0.3) is 0 Å². The number of thiazole rings is 1. The number of nitrogens with zero attached hydrogens (tertiary/aromatic N) is 2. The maximum absolute atomic E-state index is 12.9. The van der Waals surface area contributed by atoms with E-state index >= 15 is 0 Å². The molecule has 1 aromatic heterocycles. The Kier molecular flexibility index (Phi) is 4.37. The summed E-state index contributed by atoms with van der Waals surface area (Å²) in [6.45, 7) is 10.2. The molecule has 2 heterocycles. The van der Waals surface area contributed by atoms with Gasteiger partial charge in [-0.15, -0.1) is 11.3 Å². The van der Waals surface area contributed by atoms with E-state index in [1.54, 1.807) is 11.3 Å². The third-order valence-corrected chi connectivity index (χ3v) is 5.46. The number of carbonyl (C=O) groups is 2. The lowest BCUT2D eigenvalue weighted by molar-refractivity contribution is -0.140. The van der Waals surface area contributed by atoms with Crippen LogP contribution >= 0.6 is 11.3 Å². The predicted molar refractivity (Wildman–Crippen MR) is 83.2 cm³/mol. The van der Waals surface area contributed by atoms with Gasteiger partial charge >= 0.3 is 0 Å². The molecule has 1 aliphatic rings. The quantitative estimate of drug-likeness (QED) is 0.932. The number of nitrogens with one attached hydrogen (secondary N) is 1. The molecule has 0 radical (unpaired) electrons. The standard InChI is InChI=1S/C15H23N3O2S/c1-6-15(5)14(20)18(8-7-12(19)17-15)10(3)13-9(2)16-11(4)21-13/h10H,6-8H2,1-5H3,(H,17,19). The van der Waals surface area contributed by atoms with Crippen LogP contribution in [0.15, 0.2) is 0 Å². The molecule has 1 N–H and O–H groups in total. The molecule has 2 rings (SSSR count). The SMILES string of the molecule is CCC1(C)NC(=O)CCN(C(C)c2sc(C)nc2C)C1=O. The summed E-state index contributed by atoms with van der Waals surface area (Å²) < 4.78 is 0. The minimum absolute atomic E-state index is 0.00574. The van der Waals surface area contributed by atoms with Crippen LogP contribution in [-0.2, 0) is 9.59 Å². The third-order valence-electron chi connectivity index (χ3n) is 4.22. The van der Waals surface area contributed by atoms with E-state index in [4.69, 9.17) is 0 Å². The molecule has 21 heavy (non-hydrogen) atoms. The van der Waals surface area contributed by atoms with Crippen LogP contribution in [-0.4, -0.2) is 33.8 Å². The van der Waals surface area contributed by atoms with Gasteiger partial charge in [0.2, 0.25) is 11.8 Å². The van der Waals surface area contributed by atoms with Crippen LogP contribution in [0.2, 0.25) is 0 Å². The van der Waals surface area contributed by atoms with Gasteiger partial charge in [-0.2, -0.15) is 0 Å². The first-order valence-corrected chi connectivity index (χ1v) is 8.16. The van der Waals surface area contributed by atoms with Crippen LogP contribution in [0.25, 0.3) is 0 Å². The second-order valence-corrected chi connectivity index (χ2v) is 7.08. The van der Waals surface area contributed by atoms with E-state index in [9.17, 15) is 9.59 Å². The molecule has 6 heteroatoms. The topological polar surface area (TPSA) is 62.3 Å². The van der Waals surface area contributed by atoms with E-state index in [-0.39, 0.29) is 17.9 Å². The summed E-state index contributed by atoms with van der Waals surface area (Å²) in [4.78, 5) is 32.1. The van der Waals surface area contributed by atoms with Crippen molar-refractivity contribution >= 4 is 23.2 Å². The zero-order valence-corrected chi connectivity index (χ0v) is 14.1. The van der Waals surface area contributed by atoms with Crippen molar-refractivity contribution in [2.45, 2.75) is 59.0 Å². The van der Waals surface area contributed by atoms with E-state index in [2.05, 4.69) is 10.3 Å². The average Bonchev–Trinajstić information content (AvgIpc) is 2.71. The molecule has 0 aromatic carbocycles. The third kappa shape index (κ3) is 2.95. The largest absolute Gasteiger partial charge is 0.342 e. The van der Waals surface area contributed by atoms with E-state index in [0.29, 0.717) is 19.4 Å². The minimum atomic E-state index is -0.810. The predicted octanol–water partition coefficient (Wildman–Crippen LogP) is 2.34. The molecule has 1 aliphatic heterocycles. The highest BCUT2D eigenvalue weighted by molar-refractivity contribution is 7.11. The zero-order valence-electron chi connectivity index (χ0n) is 13.3. The summed E-state index contributed by atoms with van der Waals surface area (Å²) in [6.07, 6.45) is 0.935. The molecule has 2 amide bonds. The lowest BCUT2D eigenvalue weighted by Gasteiger charge is -2.34. The first-order chi connectivity index (χ1) is 9.78. The van der Waals surface area contributed by atoms with Crippen molar-refractivity contribution < 1.29 is 9.59 Å². The smallest absolute Gasteiger partial charge is 0.248 e. The molecular weight excluding hydrogens is 286 g/mol. The summed E-state index contributed by atoms with van der Waals surface area (Å²) in [5.74, 6) is -0.0617. The summed E-state index contributed by atoms with van der Waals surface area (Å²) in [5, 5.41) is 3.87. The Morgan fingerprint density at radius 3 is 2.62 bits per heavy atom. The molecule has 0 bridgehead atoms. The lowest BCUT2D eigenvalue weighted by atomic mass is 9.96. The molecule has 0 aliphatic carbocycles. The highest BCUT2D eigenvalue weighted by atomic mass is 32.1. The van der Waals surface area contributed by atoms with Crippen LogP contribution < -0.4 is 5.32 Å². The Morgan fingerprint density at radius 2 is 2.10 bits per heavy atom. The van der Waals surface area contributed by atoms with Gasteiger partial charge in [-0.05, 0) is 34.1 Å². The fourth-order valence-corrected chi connectivity index (χ4v) is 3.74. The van der Waals surface area contributed by atoms with Crippen molar-refractivity contribution in [3.63, 3.8) is 0 Å². The molecule has 2 atom stereocenters. The highest BCUT2D eigenvalue weighted by Gasteiger charge is 2.41. The van der Waals surface area contributed by atoms with Crippen molar-refractivity contribution in [1.29, 1.82) is 0 Å². The molecule has 2 unspecified atom stereocenters. The average molecular weight is 309 g/mol. The van der Waals surface area contributed by atoms with Crippen LogP contribution in [0.1, 0.15) is 55.2 Å². The van der Waals surface area contributed by atoms with Crippen molar-refractivity contribution in [3.8, 4) is 0 Å². The van der Waals surface area contributed by atoms with Crippen molar-refractivity contribution in [2.75, 3.05) is 6.54 Å². The number of hydrogen-bond donors (Lipinski definition) is 1. The Morgan fingerprint density at radius 1 is 1.43 bits per heavy atom. The Labute approximate surface area is 129 Å². The fourth-order valence-electron chi connectivity index (χ4n) is 2.75. The number of aromatic nitrogens is 1. The lowest BCUT2D eigenvalue weighted by Crippen LogP contribution is -2.55. The van der Waals surface area contributed by atoms with Gasteiger partial charge in [0.1, 0.15) is 5.54 Å².